The van der Waals surface area contributed by atoms with Gasteiger partial charge in [-0.2, -0.15) is 0 Å². The zero-order chi connectivity index (χ0) is 11.3. The quantitative estimate of drug-likeness (QED) is 0.705. The summed E-state index contributed by atoms with van der Waals surface area (Å²) < 4.78 is 23.1. The maximum Gasteiger partial charge on any atom is 0.154 e. The largest absolute Gasteiger partial charge is 0.313 e. The molecule has 3 nitrogen and oxygen atoms in total. The highest BCUT2D eigenvalue weighted by molar-refractivity contribution is 7.92. The van der Waals surface area contributed by atoms with Crippen LogP contribution in [0.1, 0.15) is 32.6 Å². The summed E-state index contributed by atoms with van der Waals surface area (Å²) >= 11 is 0. The third kappa shape index (κ3) is 3.95. The molecule has 88 valence electrons. The van der Waals surface area contributed by atoms with Gasteiger partial charge in [-0.25, -0.2) is 8.42 Å². The van der Waals surface area contributed by atoms with Crippen LogP contribution in [0.5, 0.6) is 0 Å². The molecular formula is C11H21NO2S. The molecule has 1 aliphatic rings. The molecule has 0 saturated carbocycles. The van der Waals surface area contributed by atoms with Crippen LogP contribution in [-0.2, 0) is 9.84 Å². The van der Waals surface area contributed by atoms with Crippen molar-refractivity contribution >= 4 is 9.84 Å². The minimum absolute atomic E-state index is 0.149. The number of nitrogens with one attached hydrogen (secondary N) is 1. The van der Waals surface area contributed by atoms with Crippen LogP contribution in [0, 0.1) is 0 Å². The molecule has 1 heterocycles. The lowest BCUT2D eigenvalue weighted by molar-refractivity contribution is 0.502. The van der Waals surface area contributed by atoms with E-state index in [9.17, 15) is 8.42 Å². The monoisotopic (exact) mass is 231 g/mol. The molecule has 0 bridgehead atoms. The van der Waals surface area contributed by atoms with Crippen molar-refractivity contribution in [2.45, 2.75) is 43.9 Å². The molecule has 1 saturated heterocycles. The van der Waals surface area contributed by atoms with Crippen molar-refractivity contribution in [3.8, 4) is 0 Å². The molecule has 1 rings (SSSR count). The molecule has 0 aromatic rings. The summed E-state index contributed by atoms with van der Waals surface area (Å²) in [4.78, 5) is 0. The summed E-state index contributed by atoms with van der Waals surface area (Å²) in [5.74, 6) is 0.375. The first-order valence-electron chi connectivity index (χ1n) is 5.62. The van der Waals surface area contributed by atoms with Gasteiger partial charge >= 0.3 is 0 Å². The van der Waals surface area contributed by atoms with Crippen molar-refractivity contribution in [2.75, 3.05) is 12.3 Å². The van der Waals surface area contributed by atoms with Gasteiger partial charge in [0, 0.05) is 12.6 Å². The summed E-state index contributed by atoms with van der Waals surface area (Å²) in [6.07, 6.45) is 5.55. The summed E-state index contributed by atoms with van der Waals surface area (Å²) in [6, 6.07) is 0.374. The molecule has 0 aliphatic carbocycles. The van der Waals surface area contributed by atoms with Crippen LogP contribution in [0.2, 0.25) is 0 Å². The predicted molar refractivity (Wildman–Crippen MR) is 63.7 cm³/mol. The smallest absolute Gasteiger partial charge is 0.154 e. The Balaban J connectivity index is 2.28. The topological polar surface area (TPSA) is 46.2 Å². The van der Waals surface area contributed by atoms with Gasteiger partial charge in [-0.3, -0.25) is 0 Å². The van der Waals surface area contributed by atoms with Crippen molar-refractivity contribution < 1.29 is 8.42 Å². The highest BCUT2D eigenvalue weighted by Crippen LogP contribution is 2.19. The Morgan fingerprint density at radius 1 is 1.60 bits per heavy atom. The lowest BCUT2D eigenvalue weighted by Gasteiger charge is -2.16. The van der Waals surface area contributed by atoms with Gasteiger partial charge in [-0.15, -0.1) is 6.58 Å². The van der Waals surface area contributed by atoms with Crippen LogP contribution in [-0.4, -0.2) is 32.0 Å². The lowest BCUT2D eigenvalue weighted by atomic mass is 10.1. The van der Waals surface area contributed by atoms with Crippen molar-refractivity contribution in [3.05, 3.63) is 12.7 Å². The van der Waals surface area contributed by atoms with Gasteiger partial charge in [-0.1, -0.05) is 6.08 Å². The first kappa shape index (κ1) is 12.7. The third-order valence-corrected chi connectivity index (χ3v) is 5.24. The van der Waals surface area contributed by atoms with Crippen LogP contribution in [0.15, 0.2) is 12.7 Å². The minimum atomic E-state index is -2.79. The van der Waals surface area contributed by atoms with Gasteiger partial charge in [-0.05, 0) is 32.6 Å². The van der Waals surface area contributed by atoms with E-state index in [-0.39, 0.29) is 5.25 Å². The molecule has 1 aliphatic heterocycles. The fourth-order valence-corrected chi connectivity index (χ4v) is 3.67. The van der Waals surface area contributed by atoms with Gasteiger partial charge < -0.3 is 5.32 Å². The molecule has 0 spiro atoms. The van der Waals surface area contributed by atoms with Crippen LogP contribution < -0.4 is 5.32 Å². The second-order valence-electron chi connectivity index (χ2n) is 4.31. The van der Waals surface area contributed by atoms with Crippen LogP contribution in [0.4, 0.5) is 0 Å². The van der Waals surface area contributed by atoms with E-state index in [1.807, 2.05) is 6.08 Å². The zero-order valence-corrected chi connectivity index (χ0v) is 10.2. The third-order valence-electron chi connectivity index (χ3n) is 2.96. The number of rotatable bonds is 6. The highest BCUT2D eigenvalue weighted by Gasteiger charge is 2.30. The Morgan fingerprint density at radius 2 is 2.33 bits per heavy atom. The second kappa shape index (κ2) is 5.66. The average Bonchev–Trinajstić information content (AvgIpc) is 2.51. The van der Waals surface area contributed by atoms with E-state index >= 15 is 0 Å². The minimum Gasteiger partial charge on any atom is -0.313 e. The molecule has 0 aromatic heterocycles. The van der Waals surface area contributed by atoms with E-state index in [1.54, 1.807) is 0 Å². The van der Waals surface area contributed by atoms with Crippen molar-refractivity contribution in [1.29, 1.82) is 0 Å². The average molecular weight is 231 g/mol. The lowest BCUT2D eigenvalue weighted by Crippen LogP contribution is -2.35. The maximum atomic E-state index is 11.5. The van der Waals surface area contributed by atoms with E-state index in [0.29, 0.717) is 18.3 Å². The van der Waals surface area contributed by atoms with E-state index in [1.165, 1.54) is 0 Å². The summed E-state index contributed by atoms with van der Waals surface area (Å²) in [5, 5.41) is 3.14. The first-order valence-corrected chi connectivity index (χ1v) is 7.33. The van der Waals surface area contributed by atoms with Crippen molar-refractivity contribution in [2.24, 2.45) is 0 Å². The van der Waals surface area contributed by atoms with Crippen LogP contribution >= 0.6 is 0 Å². The van der Waals surface area contributed by atoms with Gasteiger partial charge in [0.05, 0.1) is 11.0 Å². The van der Waals surface area contributed by atoms with Gasteiger partial charge in [0.15, 0.2) is 9.84 Å². The molecule has 0 aromatic carbocycles. The molecule has 15 heavy (non-hydrogen) atoms. The standard InChI is InChI=1S/C11H21NO2S/c1-3-4-6-10(2)12-9-11-7-5-8-15(11,13)14/h3,10-12H,1,4-9H2,2H3/t10-,11-/m0/s1. The summed E-state index contributed by atoms with van der Waals surface area (Å²) in [7, 11) is -2.79. The summed E-state index contributed by atoms with van der Waals surface area (Å²) in [6.45, 7) is 6.37. The number of sulfone groups is 1. The second-order valence-corrected chi connectivity index (χ2v) is 6.71. The van der Waals surface area contributed by atoms with Gasteiger partial charge in [0.2, 0.25) is 0 Å². The van der Waals surface area contributed by atoms with Crippen molar-refractivity contribution in [1.82, 2.24) is 5.32 Å². The molecule has 1 N–H and O–H groups in total. The van der Waals surface area contributed by atoms with E-state index in [2.05, 4.69) is 18.8 Å². The van der Waals surface area contributed by atoms with Gasteiger partial charge in [0.25, 0.3) is 0 Å². The van der Waals surface area contributed by atoms with Crippen LogP contribution in [0.25, 0.3) is 0 Å². The predicted octanol–water partition coefficient (Wildman–Crippen LogP) is 1.51. The van der Waals surface area contributed by atoms with Crippen molar-refractivity contribution in [3.63, 3.8) is 0 Å². The molecule has 0 radical (unpaired) electrons. The molecule has 4 heteroatoms. The van der Waals surface area contributed by atoms with E-state index in [4.69, 9.17) is 0 Å². The Kier molecular flexibility index (Phi) is 4.80. The van der Waals surface area contributed by atoms with E-state index < -0.39 is 9.84 Å². The Labute approximate surface area is 92.9 Å². The normalized spacial score (nSPS) is 26.3. The highest BCUT2D eigenvalue weighted by atomic mass is 32.2. The Bertz CT molecular complexity index is 298. The van der Waals surface area contributed by atoms with Crippen LogP contribution in [0.3, 0.4) is 0 Å². The number of hydrogen-bond acceptors (Lipinski definition) is 3. The molecule has 0 amide bonds. The Hall–Kier alpha value is -0.350. The fraction of sp³-hybridized carbons (Fsp3) is 0.818. The van der Waals surface area contributed by atoms with E-state index in [0.717, 1.165) is 25.7 Å². The molecule has 2 atom stereocenters. The maximum absolute atomic E-state index is 11.5. The molecular weight excluding hydrogens is 210 g/mol. The fourth-order valence-electron chi connectivity index (χ4n) is 1.89. The molecule has 1 fully saturated rings. The Morgan fingerprint density at radius 3 is 2.87 bits per heavy atom. The van der Waals surface area contributed by atoms with Gasteiger partial charge in [0.1, 0.15) is 0 Å². The summed E-state index contributed by atoms with van der Waals surface area (Å²) in [5.41, 5.74) is 0. The zero-order valence-electron chi connectivity index (χ0n) is 9.41. The number of hydrogen-bond donors (Lipinski definition) is 1. The SMILES string of the molecule is C=CCC[C@H](C)NC[C@@H]1CCCS1(=O)=O. The first-order chi connectivity index (χ1) is 7.06. The number of allylic oxidation sites excluding steroid dienone is 1. The molecule has 0 unspecified atom stereocenters.